The zero-order valence-corrected chi connectivity index (χ0v) is 14.9. The van der Waals surface area contributed by atoms with E-state index in [0.29, 0.717) is 0 Å². The van der Waals surface area contributed by atoms with Crippen LogP contribution in [0.1, 0.15) is 24.4 Å². The van der Waals surface area contributed by atoms with Crippen molar-refractivity contribution in [1.82, 2.24) is 10.2 Å². The van der Waals surface area contributed by atoms with Crippen LogP contribution in [0.25, 0.3) is 0 Å². The van der Waals surface area contributed by atoms with E-state index in [1.54, 1.807) is 14.2 Å². The minimum atomic E-state index is 0.243. The predicted molar refractivity (Wildman–Crippen MR) is 97.0 cm³/mol. The van der Waals surface area contributed by atoms with Gasteiger partial charge in [-0.2, -0.15) is 0 Å². The first-order valence-corrected chi connectivity index (χ1v) is 8.64. The van der Waals surface area contributed by atoms with Crippen molar-refractivity contribution in [2.24, 2.45) is 0 Å². The van der Waals surface area contributed by atoms with Gasteiger partial charge in [0.15, 0.2) is 11.5 Å². The van der Waals surface area contributed by atoms with Gasteiger partial charge in [-0.1, -0.05) is 12.1 Å². The summed E-state index contributed by atoms with van der Waals surface area (Å²) in [7, 11) is 3.32. The summed E-state index contributed by atoms with van der Waals surface area (Å²) in [4.78, 5) is 2.46. The summed E-state index contributed by atoms with van der Waals surface area (Å²) in [5.74, 6) is 1.52. The normalized spacial score (nSPS) is 16.6. The maximum Gasteiger partial charge on any atom is 0.161 e. The lowest BCUT2D eigenvalue weighted by Gasteiger charge is -2.27. The number of hydrogen-bond donors (Lipinski definition) is 1. The van der Waals surface area contributed by atoms with E-state index >= 15 is 0 Å². The Kier molecular flexibility index (Phi) is 8.08. The lowest BCUT2D eigenvalue weighted by atomic mass is 10.0. The standard InChI is InChI=1S/C19H30N2O3/c1-4-6-17(16-7-8-18(22-2)19(15-16)23-3)20-9-5-10-21-11-13-24-14-12-21/h4,7-8,15,17,20H,1,5-6,9-14H2,2-3H3/t17-/m1/s1. The number of morpholine rings is 1. The molecule has 1 atom stereocenters. The molecule has 5 nitrogen and oxygen atoms in total. The summed E-state index contributed by atoms with van der Waals surface area (Å²) in [5.41, 5.74) is 1.19. The summed E-state index contributed by atoms with van der Waals surface area (Å²) in [6.07, 6.45) is 3.96. The highest BCUT2D eigenvalue weighted by molar-refractivity contribution is 5.43. The van der Waals surface area contributed by atoms with E-state index in [2.05, 4.69) is 22.9 Å². The Morgan fingerprint density at radius 3 is 2.67 bits per heavy atom. The monoisotopic (exact) mass is 334 g/mol. The number of hydrogen-bond acceptors (Lipinski definition) is 5. The number of ether oxygens (including phenoxy) is 3. The molecule has 0 unspecified atom stereocenters. The molecule has 0 bridgehead atoms. The van der Waals surface area contributed by atoms with Gasteiger partial charge in [0.2, 0.25) is 0 Å². The van der Waals surface area contributed by atoms with Gasteiger partial charge in [0.25, 0.3) is 0 Å². The van der Waals surface area contributed by atoms with Gasteiger partial charge in [-0.15, -0.1) is 6.58 Å². The second-order valence-corrected chi connectivity index (χ2v) is 5.95. The predicted octanol–water partition coefficient (Wildman–Crippen LogP) is 2.63. The molecule has 0 saturated carbocycles. The fourth-order valence-corrected chi connectivity index (χ4v) is 2.98. The SMILES string of the molecule is C=CC[C@@H](NCCCN1CCOCC1)c1ccc(OC)c(OC)c1. The number of nitrogens with zero attached hydrogens (tertiary/aromatic N) is 1. The Hall–Kier alpha value is -1.56. The first-order valence-electron chi connectivity index (χ1n) is 8.64. The molecule has 1 saturated heterocycles. The number of methoxy groups -OCH3 is 2. The molecule has 1 aromatic rings. The second kappa shape index (κ2) is 10.3. The summed E-state index contributed by atoms with van der Waals surface area (Å²) >= 11 is 0. The fraction of sp³-hybridized carbons (Fsp3) is 0.579. The Bertz CT molecular complexity index is 501. The number of nitrogens with one attached hydrogen (secondary N) is 1. The van der Waals surface area contributed by atoms with Crippen molar-refractivity contribution in [3.05, 3.63) is 36.4 Å². The van der Waals surface area contributed by atoms with Crippen LogP contribution in [0, 0.1) is 0 Å². The number of benzene rings is 1. The lowest BCUT2D eigenvalue weighted by Crippen LogP contribution is -2.38. The van der Waals surface area contributed by atoms with Crippen molar-refractivity contribution in [3.63, 3.8) is 0 Å². The molecule has 0 radical (unpaired) electrons. The van der Waals surface area contributed by atoms with Crippen LogP contribution in [-0.4, -0.2) is 58.5 Å². The van der Waals surface area contributed by atoms with E-state index in [1.165, 1.54) is 5.56 Å². The van der Waals surface area contributed by atoms with Crippen molar-refractivity contribution in [1.29, 1.82) is 0 Å². The molecule has 24 heavy (non-hydrogen) atoms. The molecule has 2 rings (SSSR count). The van der Waals surface area contributed by atoms with Gasteiger partial charge in [-0.25, -0.2) is 0 Å². The van der Waals surface area contributed by atoms with Crippen LogP contribution in [0.3, 0.4) is 0 Å². The van der Waals surface area contributed by atoms with Gasteiger partial charge in [0.1, 0.15) is 0 Å². The molecule has 0 aliphatic carbocycles. The Balaban J connectivity index is 1.87. The van der Waals surface area contributed by atoms with Crippen LogP contribution < -0.4 is 14.8 Å². The molecule has 1 aromatic carbocycles. The minimum Gasteiger partial charge on any atom is -0.493 e. The summed E-state index contributed by atoms with van der Waals surface area (Å²) in [5, 5.41) is 3.64. The van der Waals surface area contributed by atoms with Crippen molar-refractivity contribution in [2.75, 3.05) is 53.6 Å². The molecule has 1 aliphatic heterocycles. The lowest BCUT2D eigenvalue weighted by molar-refractivity contribution is 0.0374. The zero-order chi connectivity index (χ0) is 17.2. The molecule has 0 aromatic heterocycles. The molecule has 0 spiro atoms. The molecule has 1 N–H and O–H groups in total. The van der Waals surface area contributed by atoms with Crippen LogP contribution >= 0.6 is 0 Å². The van der Waals surface area contributed by atoms with Crippen LogP contribution in [0.2, 0.25) is 0 Å². The topological polar surface area (TPSA) is 43.0 Å². The smallest absolute Gasteiger partial charge is 0.161 e. The molecular formula is C19H30N2O3. The molecule has 1 aliphatic rings. The Morgan fingerprint density at radius 1 is 1.25 bits per heavy atom. The molecule has 5 heteroatoms. The van der Waals surface area contributed by atoms with Gasteiger partial charge in [0, 0.05) is 19.1 Å². The van der Waals surface area contributed by atoms with Crippen molar-refractivity contribution in [3.8, 4) is 11.5 Å². The molecule has 1 heterocycles. The van der Waals surface area contributed by atoms with E-state index in [4.69, 9.17) is 14.2 Å². The average molecular weight is 334 g/mol. The largest absolute Gasteiger partial charge is 0.493 e. The Morgan fingerprint density at radius 2 is 2.00 bits per heavy atom. The van der Waals surface area contributed by atoms with E-state index < -0.39 is 0 Å². The van der Waals surface area contributed by atoms with Gasteiger partial charge in [-0.05, 0) is 43.6 Å². The summed E-state index contributed by atoms with van der Waals surface area (Å²) < 4.78 is 16.1. The van der Waals surface area contributed by atoms with Crippen LogP contribution in [0.4, 0.5) is 0 Å². The summed E-state index contributed by atoms with van der Waals surface area (Å²) in [6.45, 7) is 9.79. The van der Waals surface area contributed by atoms with Gasteiger partial charge in [0.05, 0.1) is 27.4 Å². The van der Waals surface area contributed by atoms with E-state index in [9.17, 15) is 0 Å². The summed E-state index contributed by atoms with van der Waals surface area (Å²) in [6, 6.07) is 6.33. The molecule has 134 valence electrons. The minimum absolute atomic E-state index is 0.243. The molecular weight excluding hydrogens is 304 g/mol. The third-order valence-corrected chi connectivity index (χ3v) is 4.36. The maximum atomic E-state index is 5.41. The zero-order valence-electron chi connectivity index (χ0n) is 14.9. The van der Waals surface area contributed by atoms with Gasteiger partial charge >= 0.3 is 0 Å². The van der Waals surface area contributed by atoms with Crippen LogP contribution in [-0.2, 0) is 4.74 Å². The quantitative estimate of drug-likeness (QED) is 0.526. The van der Waals surface area contributed by atoms with E-state index in [0.717, 1.165) is 63.7 Å². The van der Waals surface area contributed by atoms with Crippen LogP contribution in [0.15, 0.2) is 30.9 Å². The van der Waals surface area contributed by atoms with Crippen molar-refractivity contribution in [2.45, 2.75) is 18.9 Å². The first kappa shape index (κ1) is 18.8. The van der Waals surface area contributed by atoms with E-state index in [-0.39, 0.29) is 6.04 Å². The van der Waals surface area contributed by atoms with E-state index in [1.807, 2.05) is 18.2 Å². The van der Waals surface area contributed by atoms with Crippen LogP contribution in [0.5, 0.6) is 11.5 Å². The highest BCUT2D eigenvalue weighted by atomic mass is 16.5. The highest BCUT2D eigenvalue weighted by Gasteiger charge is 2.14. The van der Waals surface area contributed by atoms with Gasteiger partial charge < -0.3 is 19.5 Å². The first-order chi connectivity index (χ1) is 11.8. The second-order valence-electron chi connectivity index (χ2n) is 5.95. The molecule has 0 amide bonds. The van der Waals surface area contributed by atoms with Gasteiger partial charge in [-0.3, -0.25) is 4.90 Å². The third kappa shape index (κ3) is 5.51. The Labute approximate surface area is 145 Å². The average Bonchev–Trinajstić information content (AvgIpc) is 2.64. The highest BCUT2D eigenvalue weighted by Crippen LogP contribution is 2.31. The van der Waals surface area contributed by atoms with Crippen molar-refractivity contribution < 1.29 is 14.2 Å². The fourth-order valence-electron chi connectivity index (χ4n) is 2.98. The molecule has 1 fully saturated rings. The van der Waals surface area contributed by atoms with Crippen molar-refractivity contribution >= 4 is 0 Å². The maximum absolute atomic E-state index is 5.41. The number of rotatable bonds is 10. The third-order valence-electron chi connectivity index (χ3n) is 4.36.